The molecule has 0 aromatic carbocycles. The Morgan fingerprint density at radius 2 is 2.00 bits per heavy atom. The third kappa shape index (κ3) is 3.66. The van der Waals surface area contributed by atoms with Crippen molar-refractivity contribution in [1.29, 1.82) is 0 Å². The first-order valence-electron chi connectivity index (χ1n) is 4.12. The summed E-state index contributed by atoms with van der Waals surface area (Å²) in [6, 6.07) is 4.53. The highest BCUT2D eigenvalue weighted by Crippen LogP contribution is 2.45. The lowest BCUT2D eigenvalue weighted by molar-refractivity contribution is 0.363. The highest BCUT2D eigenvalue weighted by molar-refractivity contribution is 7.93. The van der Waals surface area contributed by atoms with Gasteiger partial charge >= 0.3 is 7.60 Å². The summed E-state index contributed by atoms with van der Waals surface area (Å²) in [5, 5.41) is 0. The number of nitrogens with zero attached hydrogens (tertiary/aromatic N) is 1. The summed E-state index contributed by atoms with van der Waals surface area (Å²) in [5.41, 5.74) is 0.174. The summed E-state index contributed by atoms with van der Waals surface area (Å²) in [5.74, 6) is 0. The average molecular weight is 267 g/mol. The highest BCUT2D eigenvalue weighted by Gasteiger charge is 2.39. The molecule has 1 rings (SSSR count). The Kier molecular flexibility index (Phi) is 3.82. The van der Waals surface area contributed by atoms with E-state index in [9.17, 15) is 13.0 Å². The molecule has 1 heterocycles. The van der Waals surface area contributed by atoms with Gasteiger partial charge in [-0.2, -0.15) is 8.42 Å². The van der Waals surface area contributed by atoms with Crippen LogP contribution in [0.15, 0.2) is 24.4 Å². The predicted molar refractivity (Wildman–Crippen MR) is 55.3 cm³/mol. The van der Waals surface area contributed by atoms with Crippen molar-refractivity contribution in [2.45, 2.75) is 11.4 Å². The topological polar surface area (TPSA) is 125 Å². The lowest BCUT2D eigenvalue weighted by Crippen LogP contribution is -2.23. The van der Waals surface area contributed by atoms with Crippen LogP contribution in [-0.2, 0) is 21.1 Å². The summed E-state index contributed by atoms with van der Waals surface area (Å²) in [6.45, 7) is 0. The van der Waals surface area contributed by atoms with Crippen molar-refractivity contribution in [3.8, 4) is 0 Å². The first-order chi connectivity index (χ1) is 7.21. The summed E-state index contributed by atoms with van der Waals surface area (Å²) < 4.78 is 41.3. The fourth-order valence-electron chi connectivity index (χ4n) is 1.10. The summed E-state index contributed by atoms with van der Waals surface area (Å²) >= 11 is 0. The Morgan fingerprint density at radius 3 is 2.38 bits per heavy atom. The molecule has 0 bridgehead atoms. The molecule has 1 aromatic rings. The minimum Gasteiger partial charge on any atom is -0.323 e. The van der Waals surface area contributed by atoms with Crippen molar-refractivity contribution in [2.24, 2.45) is 0 Å². The molecular weight excluding hydrogens is 257 g/mol. The van der Waals surface area contributed by atoms with Gasteiger partial charge < -0.3 is 9.79 Å². The van der Waals surface area contributed by atoms with E-state index in [2.05, 4.69) is 4.98 Å². The average Bonchev–Trinajstić information content (AvgIpc) is 2.12. The molecule has 1 unspecified atom stereocenters. The molecule has 16 heavy (non-hydrogen) atoms. The van der Waals surface area contributed by atoms with Gasteiger partial charge in [0.25, 0.3) is 10.1 Å². The summed E-state index contributed by atoms with van der Waals surface area (Å²) in [4.78, 5) is 19.2. The first kappa shape index (κ1) is 13.3. The summed E-state index contributed by atoms with van der Waals surface area (Å²) in [6.07, 6.45) is 0.819. The quantitative estimate of drug-likeness (QED) is 0.518. The van der Waals surface area contributed by atoms with Crippen LogP contribution < -0.4 is 0 Å². The molecule has 0 saturated carbocycles. The second-order valence-corrected chi connectivity index (χ2v) is 6.83. The van der Waals surface area contributed by atoms with Crippen LogP contribution in [0.2, 0.25) is 0 Å². The summed E-state index contributed by atoms with van der Waals surface area (Å²) in [7, 11) is -9.76. The zero-order valence-corrected chi connectivity index (χ0v) is 9.67. The molecule has 0 aliphatic rings. The Hall–Kier alpha value is -0.790. The second kappa shape index (κ2) is 4.60. The Balaban J connectivity index is 3.03. The van der Waals surface area contributed by atoms with Crippen LogP contribution in [0, 0.1) is 0 Å². The van der Waals surface area contributed by atoms with Crippen LogP contribution >= 0.6 is 7.60 Å². The van der Waals surface area contributed by atoms with Gasteiger partial charge in [-0.05, 0) is 12.1 Å². The van der Waals surface area contributed by atoms with Crippen molar-refractivity contribution in [1.82, 2.24) is 4.98 Å². The molecule has 0 aliphatic heterocycles. The first-order valence-corrected chi connectivity index (χ1v) is 7.31. The van der Waals surface area contributed by atoms with E-state index in [0.717, 1.165) is 0 Å². The molecule has 0 aliphatic carbocycles. The fourth-order valence-corrected chi connectivity index (χ4v) is 3.29. The molecule has 9 heteroatoms. The second-order valence-electron chi connectivity index (χ2n) is 3.08. The van der Waals surface area contributed by atoms with Gasteiger partial charge in [0.1, 0.15) is 0 Å². The Morgan fingerprint density at radius 1 is 1.38 bits per heavy atom. The largest absolute Gasteiger partial charge is 0.346 e. The Labute approximate surface area is 92.1 Å². The fraction of sp³-hybridized carbons (Fsp3) is 0.286. The van der Waals surface area contributed by atoms with Gasteiger partial charge in [-0.1, -0.05) is 6.07 Å². The SMILES string of the molecule is O=P(O)(O)C(Cc1ccccn1)S(=O)(=O)O. The van der Waals surface area contributed by atoms with E-state index in [1.807, 2.05) is 0 Å². The monoisotopic (exact) mass is 267 g/mol. The van der Waals surface area contributed by atoms with Gasteiger partial charge in [-0.15, -0.1) is 0 Å². The molecule has 1 atom stereocenters. The lowest BCUT2D eigenvalue weighted by atomic mass is 10.3. The predicted octanol–water partition coefficient (Wildman–Crippen LogP) is 0.0157. The van der Waals surface area contributed by atoms with Gasteiger partial charge in [0.15, 0.2) is 4.99 Å². The third-order valence-corrected chi connectivity index (χ3v) is 5.24. The van der Waals surface area contributed by atoms with E-state index >= 15 is 0 Å². The minimum atomic E-state index is -4.94. The van der Waals surface area contributed by atoms with E-state index in [4.69, 9.17) is 14.3 Å². The van der Waals surface area contributed by atoms with E-state index in [0.29, 0.717) is 0 Å². The van der Waals surface area contributed by atoms with Crippen LogP contribution in [0.4, 0.5) is 0 Å². The highest BCUT2D eigenvalue weighted by atomic mass is 32.2. The molecule has 0 radical (unpaired) electrons. The molecule has 1 aromatic heterocycles. The normalized spacial score (nSPS) is 14.7. The zero-order chi connectivity index (χ0) is 12.4. The molecule has 0 fully saturated rings. The van der Waals surface area contributed by atoms with Crippen LogP contribution in [0.1, 0.15) is 5.69 Å². The number of rotatable bonds is 4. The van der Waals surface area contributed by atoms with Crippen molar-refractivity contribution >= 4 is 17.7 Å². The van der Waals surface area contributed by atoms with Crippen LogP contribution in [0.3, 0.4) is 0 Å². The van der Waals surface area contributed by atoms with Gasteiger partial charge in [0.05, 0.1) is 0 Å². The van der Waals surface area contributed by atoms with Crippen molar-refractivity contribution in [3.05, 3.63) is 30.1 Å². The third-order valence-electron chi connectivity index (χ3n) is 1.83. The molecule has 7 nitrogen and oxygen atoms in total. The smallest absolute Gasteiger partial charge is 0.323 e. The number of hydrogen-bond donors (Lipinski definition) is 3. The van der Waals surface area contributed by atoms with Gasteiger partial charge in [-0.25, -0.2) is 0 Å². The van der Waals surface area contributed by atoms with E-state index in [-0.39, 0.29) is 5.69 Å². The maximum absolute atomic E-state index is 10.9. The Bertz CT molecular complexity index is 495. The standard InChI is InChI=1S/C7H10NO6PS/c9-15(10,11)7(16(12,13)14)5-6-3-1-2-4-8-6/h1-4,7H,5H2,(H2,9,10,11)(H,12,13,14). The van der Waals surface area contributed by atoms with Gasteiger partial charge in [0, 0.05) is 18.3 Å². The van der Waals surface area contributed by atoms with Crippen molar-refractivity contribution in [3.63, 3.8) is 0 Å². The molecule has 90 valence electrons. The number of aromatic nitrogens is 1. The molecule has 3 N–H and O–H groups in total. The maximum atomic E-state index is 10.9. The van der Waals surface area contributed by atoms with Gasteiger partial charge in [0.2, 0.25) is 0 Å². The molecule has 0 amide bonds. The number of pyridine rings is 1. The van der Waals surface area contributed by atoms with Gasteiger partial charge in [-0.3, -0.25) is 14.1 Å². The maximum Gasteiger partial charge on any atom is 0.346 e. The minimum absolute atomic E-state index is 0.174. The van der Waals surface area contributed by atoms with E-state index in [1.165, 1.54) is 12.3 Å². The van der Waals surface area contributed by atoms with Crippen molar-refractivity contribution < 1.29 is 27.3 Å². The van der Waals surface area contributed by atoms with E-state index in [1.54, 1.807) is 12.1 Å². The molecule has 0 saturated heterocycles. The lowest BCUT2D eigenvalue weighted by Gasteiger charge is -2.14. The van der Waals surface area contributed by atoms with Crippen LogP contribution in [-0.4, -0.2) is 32.7 Å². The van der Waals surface area contributed by atoms with Crippen LogP contribution in [0.5, 0.6) is 0 Å². The van der Waals surface area contributed by atoms with E-state index < -0.39 is 29.1 Å². The van der Waals surface area contributed by atoms with Crippen LogP contribution in [0.25, 0.3) is 0 Å². The van der Waals surface area contributed by atoms with Crippen molar-refractivity contribution in [2.75, 3.05) is 0 Å². The molecule has 0 spiro atoms. The zero-order valence-electron chi connectivity index (χ0n) is 7.96. The molecular formula is C7H10NO6PS. The number of hydrogen-bond acceptors (Lipinski definition) is 4.